The van der Waals surface area contributed by atoms with Crippen LogP contribution in [0.15, 0.2) is 65.1 Å². The van der Waals surface area contributed by atoms with E-state index in [0.717, 1.165) is 24.3 Å². The van der Waals surface area contributed by atoms with Crippen LogP contribution in [-0.4, -0.2) is 28.8 Å². The summed E-state index contributed by atoms with van der Waals surface area (Å²) in [4.78, 5) is 25.2. The third-order valence-corrected chi connectivity index (χ3v) is 5.50. The van der Waals surface area contributed by atoms with E-state index >= 15 is 0 Å². The number of alkyl halides is 3. The molecule has 0 radical (unpaired) electrons. The molecule has 1 aliphatic heterocycles. The van der Waals surface area contributed by atoms with Gasteiger partial charge in [-0.15, -0.1) is 0 Å². The van der Waals surface area contributed by atoms with Gasteiger partial charge in [-0.1, -0.05) is 23.7 Å². The number of urea groups is 1. The summed E-state index contributed by atoms with van der Waals surface area (Å²) in [6, 6.07) is 9.87. The topological polar surface area (TPSA) is 91.6 Å². The number of benzene rings is 2. The second-order valence-corrected chi connectivity index (χ2v) is 7.84. The summed E-state index contributed by atoms with van der Waals surface area (Å²) in [5.41, 5.74) is -3.72. The van der Waals surface area contributed by atoms with Gasteiger partial charge in [0.2, 0.25) is 5.72 Å². The first-order chi connectivity index (χ1) is 15.5. The van der Waals surface area contributed by atoms with Crippen molar-refractivity contribution in [3.63, 3.8) is 0 Å². The van der Waals surface area contributed by atoms with E-state index in [9.17, 15) is 32.3 Å². The fraction of sp³-hybridized carbons (Fsp3) is 0.182. The second kappa shape index (κ2) is 8.20. The molecule has 0 saturated carbocycles. The monoisotopic (exact) mass is 482 g/mol. The minimum atomic E-state index is -5.42. The standard InChI is InChI=1S/C22H15ClF4N2O4/c23-13-3-1-2-12(10-13)15-8-9-16(33-15)18-17(19(30)11-4-6-14(24)7-5-11)21(32,22(25,26)27)29-20(31)28-18/h1-10,17-18,32H,(H2,28,29,31)/t17-,18-,21+/m1/s1. The van der Waals surface area contributed by atoms with Crippen molar-refractivity contribution in [2.24, 2.45) is 5.92 Å². The number of aliphatic hydroxyl groups is 1. The zero-order valence-corrected chi connectivity index (χ0v) is 17.2. The number of Topliss-reactive ketones (excluding diaryl/α,β-unsaturated/α-hetero) is 1. The lowest BCUT2D eigenvalue weighted by atomic mass is 9.79. The van der Waals surface area contributed by atoms with Crippen LogP contribution in [0.5, 0.6) is 0 Å². The van der Waals surface area contributed by atoms with Gasteiger partial charge < -0.3 is 20.2 Å². The maximum absolute atomic E-state index is 13.9. The lowest BCUT2D eigenvalue weighted by Crippen LogP contribution is -2.72. The summed E-state index contributed by atoms with van der Waals surface area (Å²) >= 11 is 5.96. The molecule has 1 fully saturated rings. The van der Waals surface area contributed by atoms with Crippen molar-refractivity contribution in [3.8, 4) is 11.3 Å². The van der Waals surface area contributed by atoms with Crippen molar-refractivity contribution in [1.29, 1.82) is 0 Å². The normalized spacial score (nSPS) is 23.0. The fourth-order valence-electron chi connectivity index (χ4n) is 3.69. The molecule has 4 rings (SSSR count). The molecule has 0 unspecified atom stereocenters. The molecule has 6 nitrogen and oxygen atoms in total. The molecule has 33 heavy (non-hydrogen) atoms. The summed E-state index contributed by atoms with van der Waals surface area (Å²) in [5.74, 6) is -4.18. The number of carbonyl (C=O) groups is 2. The number of halogens is 5. The van der Waals surface area contributed by atoms with E-state index in [4.69, 9.17) is 16.0 Å². The third-order valence-electron chi connectivity index (χ3n) is 5.26. The zero-order valence-electron chi connectivity index (χ0n) is 16.5. The Labute approximate surface area is 189 Å². The van der Waals surface area contributed by atoms with Crippen molar-refractivity contribution >= 4 is 23.4 Å². The lowest BCUT2D eigenvalue weighted by Gasteiger charge is -2.44. The molecule has 2 aromatic carbocycles. The van der Waals surface area contributed by atoms with E-state index in [1.165, 1.54) is 17.4 Å². The first kappa shape index (κ1) is 22.8. The summed E-state index contributed by atoms with van der Waals surface area (Å²) in [6.07, 6.45) is -5.42. The number of furan rings is 1. The van der Waals surface area contributed by atoms with E-state index in [1.54, 1.807) is 24.3 Å². The van der Waals surface area contributed by atoms with Gasteiger partial charge in [0.1, 0.15) is 29.3 Å². The van der Waals surface area contributed by atoms with Crippen molar-refractivity contribution in [3.05, 3.63) is 82.8 Å². The predicted molar refractivity (Wildman–Crippen MR) is 109 cm³/mol. The van der Waals surface area contributed by atoms with Gasteiger partial charge in [0.05, 0.1) is 0 Å². The number of hydrogen-bond acceptors (Lipinski definition) is 4. The predicted octanol–water partition coefficient (Wildman–Crippen LogP) is 4.84. The minimum Gasteiger partial charge on any atom is -0.459 e. The highest BCUT2D eigenvalue weighted by molar-refractivity contribution is 6.30. The summed E-state index contributed by atoms with van der Waals surface area (Å²) in [7, 11) is 0. The van der Waals surface area contributed by atoms with Gasteiger partial charge in [0, 0.05) is 16.1 Å². The smallest absolute Gasteiger partial charge is 0.437 e. The number of rotatable bonds is 4. The minimum absolute atomic E-state index is 0.206. The van der Waals surface area contributed by atoms with Gasteiger partial charge >= 0.3 is 12.2 Å². The summed E-state index contributed by atoms with van der Waals surface area (Å²) in [5, 5.41) is 14.6. The number of amides is 2. The Morgan fingerprint density at radius 2 is 1.79 bits per heavy atom. The zero-order chi connectivity index (χ0) is 24.0. The molecule has 1 aromatic heterocycles. The van der Waals surface area contributed by atoms with Gasteiger partial charge in [-0.3, -0.25) is 4.79 Å². The largest absolute Gasteiger partial charge is 0.459 e. The van der Waals surface area contributed by atoms with Gasteiger partial charge in [-0.25, -0.2) is 9.18 Å². The highest BCUT2D eigenvalue weighted by atomic mass is 35.5. The molecule has 0 bridgehead atoms. The summed E-state index contributed by atoms with van der Waals surface area (Å²) < 4.78 is 60.8. The van der Waals surface area contributed by atoms with Crippen LogP contribution in [0.2, 0.25) is 5.02 Å². The Hall–Kier alpha value is -3.37. The quantitative estimate of drug-likeness (QED) is 0.366. The Kier molecular flexibility index (Phi) is 5.67. The summed E-state index contributed by atoms with van der Waals surface area (Å²) in [6.45, 7) is 0. The molecule has 1 aliphatic rings. The van der Waals surface area contributed by atoms with E-state index in [-0.39, 0.29) is 17.1 Å². The van der Waals surface area contributed by atoms with E-state index < -0.39 is 41.5 Å². The maximum Gasteiger partial charge on any atom is 0.437 e. The van der Waals surface area contributed by atoms with Crippen LogP contribution in [0, 0.1) is 11.7 Å². The van der Waals surface area contributed by atoms with Gasteiger partial charge in [0.15, 0.2) is 5.78 Å². The SMILES string of the molecule is O=C1N[C@H](c2ccc(-c3cccc(Cl)c3)o2)[C@H](C(=O)c2ccc(F)cc2)[C@](O)(C(F)(F)F)N1. The molecular weight excluding hydrogens is 468 g/mol. The van der Waals surface area contributed by atoms with Crippen molar-refractivity contribution < 1.29 is 36.7 Å². The molecular formula is C22H15ClF4N2O4. The average molecular weight is 483 g/mol. The van der Waals surface area contributed by atoms with Crippen molar-refractivity contribution in [2.75, 3.05) is 0 Å². The molecule has 11 heteroatoms. The number of nitrogens with one attached hydrogen (secondary N) is 2. The Morgan fingerprint density at radius 1 is 1.09 bits per heavy atom. The lowest BCUT2D eigenvalue weighted by molar-refractivity contribution is -0.288. The van der Waals surface area contributed by atoms with Crippen LogP contribution in [0.3, 0.4) is 0 Å². The van der Waals surface area contributed by atoms with Gasteiger partial charge in [-0.05, 0) is 48.5 Å². The highest BCUT2D eigenvalue weighted by Gasteiger charge is 2.66. The number of ketones is 1. The first-order valence-corrected chi connectivity index (χ1v) is 9.90. The molecule has 0 aliphatic carbocycles. The first-order valence-electron chi connectivity index (χ1n) is 9.53. The van der Waals surface area contributed by atoms with Crippen molar-refractivity contribution in [1.82, 2.24) is 10.6 Å². The molecule has 3 atom stereocenters. The molecule has 3 N–H and O–H groups in total. The van der Waals surface area contributed by atoms with Crippen LogP contribution in [0.1, 0.15) is 22.2 Å². The van der Waals surface area contributed by atoms with E-state index in [1.807, 2.05) is 0 Å². The average Bonchev–Trinajstić information content (AvgIpc) is 3.23. The van der Waals surface area contributed by atoms with Crippen LogP contribution in [0.4, 0.5) is 22.4 Å². The molecule has 2 amide bonds. The maximum atomic E-state index is 13.9. The molecule has 172 valence electrons. The van der Waals surface area contributed by atoms with Gasteiger partial charge in [0.25, 0.3) is 0 Å². The molecule has 3 aromatic rings. The Balaban J connectivity index is 1.81. The Bertz CT molecular complexity index is 1210. The van der Waals surface area contributed by atoms with Crippen LogP contribution >= 0.6 is 11.6 Å². The van der Waals surface area contributed by atoms with Crippen LogP contribution in [0.25, 0.3) is 11.3 Å². The Morgan fingerprint density at radius 3 is 2.42 bits per heavy atom. The third kappa shape index (κ3) is 4.19. The molecule has 0 spiro atoms. The second-order valence-electron chi connectivity index (χ2n) is 7.40. The number of hydrogen-bond donors (Lipinski definition) is 3. The van der Waals surface area contributed by atoms with E-state index in [0.29, 0.717) is 10.6 Å². The highest BCUT2D eigenvalue weighted by Crippen LogP contribution is 2.44. The van der Waals surface area contributed by atoms with Crippen LogP contribution in [-0.2, 0) is 0 Å². The fourth-order valence-corrected chi connectivity index (χ4v) is 3.88. The molecule has 1 saturated heterocycles. The molecule has 2 heterocycles. The van der Waals surface area contributed by atoms with Crippen molar-refractivity contribution in [2.45, 2.75) is 17.9 Å². The van der Waals surface area contributed by atoms with Crippen LogP contribution < -0.4 is 10.6 Å². The number of carbonyl (C=O) groups excluding carboxylic acids is 2. The van der Waals surface area contributed by atoms with Gasteiger partial charge in [-0.2, -0.15) is 13.2 Å². The van der Waals surface area contributed by atoms with E-state index in [2.05, 4.69) is 5.32 Å².